The Morgan fingerprint density at radius 1 is 1.82 bits per heavy atom. The minimum absolute atomic E-state index is 0.0440. The molecule has 1 saturated heterocycles. The molecule has 0 radical (unpaired) electrons. The van der Waals surface area contributed by atoms with E-state index in [1.54, 1.807) is 0 Å². The van der Waals surface area contributed by atoms with Gasteiger partial charge in [-0.15, -0.1) is 0 Å². The van der Waals surface area contributed by atoms with Gasteiger partial charge >= 0.3 is 5.97 Å². The van der Waals surface area contributed by atoms with Crippen LogP contribution >= 0.6 is 0 Å². The molecule has 0 spiro atoms. The second-order valence-electron chi connectivity index (χ2n) is 3.07. The van der Waals surface area contributed by atoms with Crippen LogP contribution in [-0.2, 0) is 9.53 Å². The Labute approximate surface area is 66.4 Å². The molecule has 1 heterocycles. The van der Waals surface area contributed by atoms with Crippen LogP contribution in [0.4, 0.5) is 0 Å². The van der Waals surface area contributed by atoms with Crippen LogP contribution in [0.15, 0.2) is 0 Å². The Morgan fingerprint density at radius 2 is 2.36 bits per heavy atom. The van der Waals surface area contributed by atoms with Crippen LogP contribution < -0.4 is 0 Å². The zero-order valence-corrected chi connectivity index (χ0v) is 6.91. The summed E-state index contributed by atoms with van der Waals surface area (Å²) in [5.74, 6) is -0.0668. The third-order valence-electron chi connectivity index (χ3n) is 2.26. The molecule has 0 aromatic heterocycles. The number of rotatable bonds is 3. The molecule has 1 rings (SSSR count). The third kappa shape index (κ3) is 1.71. The van der Waals surface area contributed by atoms with Crippen LogP contribution in [0.25, 0.3) is 0 Å². The van der Waals surface area contributed by atoms with Gasteiger partial charge in [0.25, 0.3) is 0 Å². The topological polar surface area (TPSA) is 46.5 Å². The van der Waals surface area contributed by atoms with E-state index < -0.39 is 0 Å². The number of hydrogen-bond donors (Lipinski definition) is 1. The second kappa shape index (κ2) is 3.22. The molecule has 11 heavy (non-hydrogen) atoms. The quantitative estimate of drug-likeness (QED) is 0.615. The van der Waals surface area contributed by atoms with E-state index in [0.29, 0.717) is 6.42 Å². The highest BCUT2D eigenvalue weighted by atomic mass is 16.6. The lowest BCUT2D eigenvalue weighted by atomic mass is 9.91. The van der Waals surface area contributed by atoms with Crippen molar-refractivity contribution in [3.05, 3.63) is 0 Å². The predicted octanol–water partition coefficient (Wildman–Crippen LogP) is 0.709. The van der Waals surface area contributed by atoms with Gasteiger partial charge in [0.1, 0.15) is 6.10 Å². The molecule has 1 aliphatic heterocycles. The van der Waals surface area contributed by atoms with Crippen molar-refractivity contribution in [2.75, 3.05) is 0 Å². The molecule has 1 fully saturated rings. The van der Waals surface area contributed by atoms with Crippen molar-refractivity contribution >= 4 is 5.97 Å². The molecule has 0 aromatic rings. The van der Waals surface area contributed by atoms with E-state index >= 15 is 0 Å². The van der Waals surface area contributed by atoms with Gasteiger partial charge < -0.3 is 9.84 Å². The van der Waals surface area contributed by atoms with Crippen LogP contribution in [0, 0.1) is 5.92 Å². The standard InChI is InChI=1S/C8H14O3/c1-3-6(9)5(2)7-4-8(10)11-7/h5-7,9H,3-4H2,1-2H3/t5-,6+,7+/m0/s1. The number of esters is 1. The number of carbonyl (C=O) groups excluding carboxylic acids is 1. The Bertz CT molecular complexity index is 147. The lowest BCUT2D eigenvalue weighted by molar-refractivity contribution is -0.178. The van der Waals surface area contributed by atoms with Gasteiger partial charge in [-0.25, -0.2) is 0 Å². The largest absolute Gasteiger partial charge is 0.461 e. The first-order valence-corrected chi connectivity index (χ1v) is 4.02. The van der Waals surface area contributed by atoms with E-state index in [4.69, 9.17) is 4.74 Å². The first-order valence-electron chi connectivity index (χ1n) is 4.02. The lowest BCUT2D eigenvalue weighted by Crippen LogP contribution is -2.42. The molecule has 0 aromatic carbocycles. The number of hydrogen-bond acceptors (Lipinski definition) is 3. The highest BCUT2D eigenvalue weighted by molar-refractivity contribution is 5.75. The molecule has 0 bridgehead atoms. The van der Waals surface area contributed by atoms with Gasteiger partial charge in [-0.1, -0.05) is 13.8 Å². The third-order valence-corrected chi connectivity index (χ3v) is 2.26. The zero-order chi connectivity index (χ0) is 8.43. The zero-order valence-electron chi connectivity index (χ0n) is 6.91. The Morgan fingerprint density at radius 3 is 2.73 bits per heavy atom. The van der Waals surface area contributed by atoms with Crippen molar-refractivity contribution in [1.29, 1.82) is 0 Å². The molecule has 0 aliphatic carbocycles. The smallest absolute Gasteiger partial charge is 0.309 e. The van der Waals surface area contributed by atoms with E-state index in [0.717, 1.165) is 6.42 Å². The molecule has 0 unspecified atom stereocenters. The minimum atomic E-state index is -0.340. The lowest BCUT2D eigenvalue weighted by Gasteiger charge is -2.33. The van der Waals surface area contributed by atoms with Crippen LogP contribution in [0.3, 0.4) is 0 Å². The molecule has 1 N–H and O–H groups in total. The summed E-state index contributed by atoms with van der Waals surface area (Å²) < 4.78 is 4.82. The highest BCUT2D eigenvalue weighted by Crippen LogP contribution is 2.24. The summed E-state index contributed by atoms with van der Waals surface area (Å²) >= 11 is 0. The number of aliphatic hydroxyl groups excluding tert-OH is 1. The van der Waals surface area contributed by atoms with Gasteiger partial charge in [0.05, 0.1) is 12.5 Å². The first kappa shape index (κ1) is 8.53. The average Bonchev–Trinajstić information content (AvgIpc) is 1.96. The van der Waals surface area contributed by atoms with Crippen molar-refractivity contribution in [2.24, 2.45) is 5.92 Å². The Balaban J connectivity index is 2.30. The summed E-state index contributed by atoms with van der Waals surface area (Å²) in [6, 6.07) is 0. The summed E-state index contributed by atoms with van der Waals surface area (Å²) in [6.07, 6.45) is 0.804. The molecule has 3 atom stereocenters. The van der Waals surface area contributed by atoms with Crippen LogP contribution in [0.2, 0.25) is 0 Å². The van der Waals surface area contributed by atoms with Crippen LogP contribution in [-0.4, -0.2) is 23.3 Å². The van der Waals surface area contributed by atoms with E-state index in [9.17, 15) is 9.90 Å². The molecular formula is C8H14O3. The maximum Gasteiger partial charge on any atom is 0.309 e. The molecule has 0 saturated carbocycles. The maximum atomic E-state index is 10.4. The minimum Gasteiger partial charge on any atom is -0.461 e. The molecule has 3 nitrogen and oxygen atoms in total. The number of ether oxygens (including phenoxy) is 1. The fraction of sp³-hybridized carbons (Fsp3) is 0.875. The number of cyclic esters (lactones) is 1. The number of aliphatic hydroxyl groups is 1. The highest BCUT2D eigenvalue weighted by Gasteiger charge is 2.35. The van der Waals surface area contributed by atoms with Gasteiger partial charge in [-0.05, 0) is 6.42 Å². The summed E-state index contributed by atoms with van der Waals surface area (Å²) in [5, 5.41) is 9.36. The van der Waals surface area contributed by atoms with Gasteiger partial charge in [-0.3, -0.25) is 4.79 Å². The summed E-state index contributed by atoms with van der Waals surface area (Å²) in [4.78, 5) is 10.4. The van der Waals surface area contributed by atoms with Crippen molar-refractivity contribution in [2.45, 2.75) is 38.9 Å². The molecule has 64 valence electrons. The Hall–Kier alpha value is -0.570. The SMILES string of the molecule is CC[C@@H](O)[C@H](C)[C@H]1CC(=O)O1. The predicted molar refractivity (Wildman–Crippen MR) is 40.0 cm³/mol. The van der Waals surface area contributed by atoms with Crippen LogP contribution in [0.5, 0.6) is 0 Å². The Kier molecular flexibility index (Phi) is 2.49. The van der Waals surface area contributed by atoms with E-state index in [2.05, 4.69) is 0 Å². The first-order chi connectivity index (χ1) is 5.15. The second-order valence-corrected chi connectivity index (χ2v) is 3.07. The van der Waals surface area contributed by atoms with Crippen molar-refractivity contribution < 1.29 is 14.6 Å². The van der Waals surface area contributed by atoms with Crippen molar-refractivity contribution in [3.63, 3.8) is 0 Å². The van der Waals surface area contributed by atoms with E-state index in [1.807, 2.05) is 13.8 Å². The van der Waals surface area contributed by atoms with E-state index in [-0.39, 0.29) is 24.1 Å². The molecule has 0 amide bonds. The van der Waals surface area contributed by atoms with Gasteiger partial charge in [0.15, 0.2) is 0 Å². The number of carbonyl (C=O) groups is 1. The van der Waals surface area contributed by atoms with Crippen molar-refractivity contribution in [1.82, 2.24) is 0 Å². The average molecular weight is 158 g/mol. The fourth-order valence-electron chi connectivity index (χ4n) is 1.24. The molecular weight excluding hydrogens is 144 g/mol. The fourth-order valence-corrected chi connectivity index (χ4v) is 1.24. The summed E-state index contributed by atoms with van der Waals surface area (Å²) in [7, 11) is 0. The van der Waals surface area contributed by atoms with Gasteiger partial charge in [0.2, 0.25) is 0 Å². The van der Waals surface area contributed by atoms with E-state index in [1.165, 1.54) is 0 Å². The summed E-state index contributed by atoms with van der Waals surface area (Å²) in [6.45, 7) is 3.83. The van der Waals surface area contributed by atoms with Crippen LogP contribution in [0.1, 0.15) is 26.7 Å². The monoisotopic (exact) mass is 158 g/mol. The normalized spacial score (nSPS) is 28.6. The summed E-state index contributed by atoms with van der Waals surface area (Å²) in [5.41, 5.74) is 0. The molecule has 1 aliphatic rings. The van der Waals surface area contributed by atoms with Gasteiger partial charge in [0, 0.05) is 5.92 Å². The van der Waals surface area contributed by atoms with Crippen molar-refractivity contribution in [3.8, 4) is 0 Å². The van der Waals surface area contributed by atoms with Gasteiger partial charge in [-0.2, -0.15) is 0 Å². The molecule has 3 heteroatoms. The maximum absolute atomic E-state index is 10.4.